The van der Waals surface area contributed by atoms with Crippen molar-refractivity contribution in [1.29, 1.82) is 0 Å². The standard InChI is InChI=1S/C24H28FN3O2/c1-24-15-20(14-17-6-3-2-4-7-17)28(21(24)8-5-9-22(29)27-24)16-23(30)26-19-12-10-18(25)11-13-19/h2-4,6-7,10-13,20-21H,5,8-9,14-16H2,1H3,(H,26,30)(H,27,29)/t20-,21+,24+/m1/s1. The fourth-order valence-electron chi connectivity index (χ4n) is 5.03. The van der Waals surface area contributed by atoms with Crippen LogP contribution in [0.4, 0.5) is 10.1 Å². The van der Waals surface area contributed by atoms with Crippen molar-refractivity contribution < 1.29 is 14.0 Å². The molecule has 4 rings (SSSR count). The number of carbonyl (C=O) groups excluding carboxylic acids is 2. The fourth-order valence-corrected chi connectivity index (χ4v) is 5.03. The average molecular weight is 410 g/mol. The lowest BCUT2D eigenvalue weighted by Gasteiger charge is -2.34. The predicted molar refractivity (Wildman–Crippen MR) is 114 cm³/mol. The van der Waals surface area contributed by atoms with Gasteiger partial charge in [-0.1, -0.05) is 30.3 Å². The van der Waals surface area contributed by atoms with Gasteiger partial charge in [-0.15, -0.1) is 0 Å². The fraction of sp³-hybridized carbons (Fsp3) is 0.417. The Bertz CT molecular complexity index is 902. The summed E-state index contributed by atoms with van der Waals surface area (Å²) in [5.74, 6) is -0.365. The van der Waals surface area contributed by atoms with Crippen molar-refractivity contribution in [2.75, 3.05) is 11.9 Å². The topological polar surface area (TPSA) is 61.4 Å². The Hall–Kier alpha value is -2.73. The first-order valence-corrected chi connectivity index (χ1v) is 10.6. The summed E-state index contributed by atoms with van der Waals surface area (Å²) in [6, 6.07) is 16.3. The Balaban J connectivity index is 1.54. The monoisotopic (exact) mass is 409 g/mol. The van der Waals surface area contributed by atoms with E-state index >= 15 is 0 Å². The molecule has 0 aromatic heterocycles. The second kappa shape index (κ2) is 8.56. The van der Waals surface area contributed by atoms with Gasteiger partial charge in [0, 0.05) is 24.2 Å². The first-order chi connectivity index (χ1) is 14.4. The summed E-state index contributed by atoms with van der Waals surface area (Å²) in [4.78, 5) is 27.4. The average Bonchev–Trinajstić information content (AvgIpc) is 2.85. The van der Waals surface area contributed by atoms with E-state index in [-0.39, 0.29) is 41.8 Å². The normalized spacial score (nSPS) is 26.5. The molecule has 158 valence electrons. The van der Waals surface area contributed by atoms with Gasteiger partial charge in [-0.3, -0.25) is 14.5 Å². The number of fused-ring (bicyclic) bond motifs is 1. The van der Waals surface area contributed by atoms with E-state index in [0.717, 1.165) is 25.7 Å². The van der Waals surface area contributed by atoms with Gasteiger partial charge in [-0.05, 0) is 62.4 Å². The van der Waals surface area contributed by atoms with Crippen LogP contribution in [0.25, 0.3) is 0 Å². The highest BCUT2D eigenvalue weighted by atomic mass is 19.1. The molecule has 30 heavy (non-hydrogen) atoms. The van der Waals surface area contributed by atoms with Gasteiger partial charge in [0.1, 0.15) is 5.82 Å². The van der Waals surface area contributed by atoms with Crippen LogP contribution in [0.1, 0.15) is 38.2 Å². The number of hydrogen-bond acceptors (Lipinski definition) is 3. The third-order valence-electron chi connectivity index (χ3n) is 6.34. The molecule has 2 amide bonds. The molecule has 0 spiro atoms. The minimum absolute atomic E-state index is 0.0936. The highest BCUT2D eigenvalue weighted by Gasteiger charge is 2.50. The van der Waals surface area contributed by atoms with E-state index in [0.29, 0.717) is 12.1 Å². The molecule has 3 atom stereocenters. The third kappa shape index (κ3) is 4.54. The molecule has 2 N–H and O–H groups in total. The molecule has 0 bridgehead atoms. The van der Waals surface area contributed by atoms with Crippen LogP contribution in [-0.2, 0) is 16.0 Å². The van der Waals surface area contributed by atoms with Gasteiger partial charge in [-0.2, -0.15) is 0 Å². The van der Waals surface area contributed by atoms with E-state index < -0.39 is 0 Å². The largest absolute Gasteiger partial charge is 0.349 e. The molecule has 0 radical (unpaired) electrons. The smallest absolute Gasteiger partial charge is 0.238 e. The third-order valence-corrected chi connectivity index (χ3v) is 6.34. The summed E-state index contributed by atoms with van der Waals surface area (Å²) in [5.41, 5.74) is 1.46. The number of benzene rings is 2. The van der Waals surface area contributed by atoms with E-state index in [2.05, 4.69) is 34.6 Å². The second-order valence-electron chi connectivity index (χ2n) is 8.65. The van der Waals surface area contributed by atoms with Gasteiger partial charge in [0.25, 0.3) is 0 Å². The zero-order chi connectivity index (χ0) is 21.1. The summed E-state index contributed by atoms with van der Waals surface area (Å²) in [7, 11) is 0. The Morgan fingerprint density at radius 1 is 1.20 bits per heavy atom. The molecule has 5 nitrogen and oxygen atoms in total. The number of nitrogens with zero attached hydrogens (tertiary/aromatic N) is 1. The molecule has 0 saturated carbocycles. The lowest BCUT2D eigenvalue weighted by atomic mass is 9.89. The van der Waals surface area contributed by atoms with Crippen molar-refractivity contribution in [3.8, 4) is 0 Å². The number of rotatable bonds is 5. The molecule has 6 heteroatoms. The van der Waals surface area contributed by atoms with Crippen LogP contribution in [0.2, 0.25) is 0 Å². The van der Waals surface area contributed by atoms with Crippen molar-refractivity contribution in [2.45, 2.75) is 56.7 Å². The minimum Gasteiger partial charge on any atom is -0.349 e. The van der Waals surface area contributed by atoms with Crippen molar-refractivity contribution in [3.63, 3.8) is 0 Å². The molecule has 2 fully saturated rings. The Labute approximate surface area is 176 Å². The molecule has 2 aliphatic rings. The van der Waals surface area contributed by atoms with Crippen LogP contribution in [0, 0.1) is 5.82 Å². The molecule has 2 saturated heterocycles. The molecule has 0 unspecified atom stereocenters. The van der Waals surface area contributed by atoms with Gasteiger partial charge in [0.15, 0.2) is 0 Å². The van der Waals surface area contributed by atoms with E-state index in [1.807, 2.05) is 18.2 Å². The quantitative estimate of drug-likeness (QED) is 0.795. The highest BCUT2D eigenvalue weighted by Crippen LogP contribution is 2.39. The Morgan fingerprint density at radius 3 is 2.67 bits per heavy atom. The Morgan fingerprint density at radius 2 is 1.93 bits per heavy atom. The molecular formula is C24H28FN3O2. The first kappa shape index (κ1) is 20.5. The molecule has 2 aromatic carbocycles. The van der Waals surface area contributed by atoms with E-state index in [1.54, 1.807) is 12.1 Å². The number of nitrogens with one attached hydrogen (secondary N) is 2. The molecule has 0 aliphatic carbocycles. The summed E-state index contributed by atoms with van der Waals surface area (Å²) < 4.78 is 13.2. The van der Waals surface area contributed by atoms with Crippen LogP contribution in [0.5, 0.6) is 0 Å². The summed E-state index contributed by atoms with van der Waals surface area (Å²) in [6.07, 6.45) is 3.87. The van der Waals surface area contributed by atoms with Gasteiger partial charge in [-0.25, -0.2) is 4.39 Å². The number of halogens is 1. The van der Waals surface area contributed by atoms with Crippen LogP contribution in [0.15, 0.2) is 54.6 Å². The summed E-state index contributed by atoms with van der Waals surface area (Å²) in [5, 5.41) is 6.12. The lowest BCUT2D eigenvalue weighted by Crippen LogP contribution is -2.54. The highest BCUT2D eigenvalue weighted by molar-refractivity contribution is 5.92. The first-order valence-electron chi connectivity index (χ1n) is 10.6. The number of likely N-dealkylation sites (tertiary alicyclic amines) is 1. The Kier molecular flexibility index (Phi) is 5.86. The lowest BCUT2D eigenvalue weighted by molar-refractivity contribution is -0.122. The van der Waals surface area contributed by atoms with E-state index in [9.17, 15) is 14.0 Å². The SMILES string of the molecule is C[C@]12C[C@@H](Cc3ccccc3)N(CC(=O)Nc3ccc(F)cc3)[C@H]1CCCC(=O)N2. The maximum absolute atomic E-state index is 13.2. The predicted octanol–water partition coefficient (Wildman–Crippen LogP) is 3.51. The molecule has 2 heterocycles. The second-order valence-corrected chi connectivity index (χ2v) is 8.65. The summed E-state index contributed by atoms with van der Waals surface area (Å²) >= 11 is 0. The molecular weight excluding hydrogens is 381 g/mol. The zero-order valence-electron chi connectivity index (χ0n) is 17.2. The van der Waals surface area contributed by atoms with Crippen LogP contribution in [0.3, 0.4) is 0 Å². The molecule has 2 aliphatic heterocycles. The van der Waals surface area contributed by atoms with Gasteiger partial charge in [0.2, 0.25) is 11.8 Å². The van der Waals surface area contributed by atoms with Crippen LogP contribution in [-0.4, -0.2) is 40.9 Å². The van der Waals surface area contributed by atoms with Crippen LogP contribution >= 0.6 is 0 Å². The number of hydrogen-bond donors (Lipinski definition) is 2. The van der Waals surface area contributed by atoms with Crippen LogP contribution < -0.4 is 10.6 Å². The van der Waals surface area contributed by atoms with E-state index in [4.69, 9.17) is 0 Å². The van der Waals surface area contributed by atoms with Gasteiger partial charge >= 0.3 is 0 Å². The zero-order valence-corrected chi connectivity index (χ0v) is 17.2. The number of carbonyl (C=O) groups is 2. The van der Waals surface area contributed by atoms with Gasteiger partial charge < -0.3 is 10.6 Å². The number of amides is 2. The van der Waals surface area contributed by atoms with Gasteiger partial charge in [0.05, 0.1) is 12.1 Å². The molecule has 2 aromatic rings. The number of anilines is 1. The maximum atomic E-state index is 13.2. The summed E-state index contributed by atoms with van der Waals surface area (Å²) in [6.45, 7) is 2.35. The minimum atomic E-state index is -0.344. The van der Waals surface area contributed by atoms with Crippen molar-refractivity contribution in [3.05, 3.63) is 66.0 Å². The van der Waals surface area contributed by atoms with E-state index in [1.165, 1.54) is 17.7 Å². The van der Waals surface area contributed by atoms with Crippen molar-refractivity contribution >= 4 is 17.5 Å². The van der Waals surface area contributed by atoms with Crippen molar-refractivity contribution in [1.82, 2.24) is 10.2 Å². The van der Waals surface area contributed by atoms with Crippen molar-refractivity contribution in [2.24, 2.45) is 0 Å². The maximum Gasteiger partial charge on any atom is 0.238 e.